The molecule has 0 unspecified atom stereocenters. The molecule has 2 rings (SSSR count). The number of methoxy groups -OCH3 is 1. The van der Waals surface area contributed by atoms with E-state index in [4.69, 9.17) is 10.5 Å². The van der Waals surface area contributed by atoms with Crippen LogP contribution in [0.25, 0.3) is 0 Å². The molecule has 1 fully saturated rings. The van der Waals surface area contributed by atoms with Crippen LogP contribution < -0.4 is 15.8 Å². The van der Waals surface area contributed by atoms with Gasteiger partial charge in [0.2, 0.25) is 0 Å². The Hall–Kier alpha value is -0.980. The van der Waals surface area contributed by atoms with E-state index in [0.717, 1.165) is 30.3 Å². The molecule has 0 amide bonds. The zero-order valence-electron chi connectivity index (χ0n) is 13.4. The molecule has 1 aliphatic rings. The molecule has 3 N–H and O–H groups in total. The van der Waals surface area contributed by atoms with E-state index in [1.54, 1.807) is 7.11 Å². The maximum atomic E-state index is 5.89. The van der Waals surface area contributed by atoms with E-state index in [0.29, 0.717) is 5.96 Å². The van der Waals surface area contributed by atoms with E-state index in [2.05, 4.69) is 10.3 Å². The predicted octanol–water partition coefficient (Wildman–Crippen LogP) is 4.40. The molecule has 1 aliphatic carbocycles. The number of hydrogen-bond donors (Lipinski definition) is 2. The summed E-state index contributed by atoms with van der Waals surface area (Å²) in [6, 6.07) is 7.66. The number of anilines is 1. The first-order valence-corrected chi connectivity index (χ1v) is 7.99. The molecule has 1 aromatic rings. The lowest BCUT2D eigenvalue weighted by Crippen LogP contribution is -2.22. The molecule has 0 bridgehead atoms. The number of halogens is 1. The molecule has 0 saturated heterocycles. The summed E-state index contributed by atoms with van der Waals surface area (Å²) in [7, 11) is 1.66. The van der Waals surface area contributed by atoms with Crippen LogP contribution in [0.5, 0.6) is 5.75 Å². The molecule has 0 atom stereocenters. The first-order valence-electron chi connectivity index (χ1n) is 7.99. The summed E-state index contributed by atoms with van der Waals surface area (Å²) < 4.78 is 5.12. The van der Waals surface area contributed by atoms with Gasteiger partial charge in [0.1, 0.15) is 5.75 Å². The molecule has 0 spiro atoms. The van der Waals surface area contributed by atoms with Gasteiger partial charge in [-0.3, -0.25) is 4.99 Å². The van der Waals surface area contributed by atoms with Crippen molar-refractivity contribution < 1.29 is 4.74 Å². The first-order chi connectivity index (χ1) is 10.3. The Labute approximate surface area is 150 Å². The molecule has 1 aromatic carbocycles. The van der Waals surface area contributed by atoms with Crippen LogP contribution in [0.2, 0.25) is 0 Å². The van der Waals surface area contributed by atoms with Crippen molar-refractivity contribution >= 4 is 35.6 Å². The Bertz CT molecular complexity index is 442. The first kappa shape index (κ1) is 19.1. The van der Waals surface area contributed by atoms with E-state index in [1.807, 2.05) is 24.3 Å². The highest BCUT2D eigenvalue weighted by Crippen LogP contribution is 2.28. The molecular formula is C17H28IN3O. The average molecular weight is 417 g/mol. The molecule has 5 heteroatoms. The molecule has 0 aromatic heterocycles. The molecule has 1 saturated carbocycles. The second-order valence-corrected chi connectivity index (χ2v) is 5.77. The number of nitrogens with zero attached hydrogens (tertiary/aromatic N) is 1. The topological polar surface area (TPSA) is 59.6 Å². The molecular weight excluding hydrogens is 389 g/mol. The number of aliphatic imine (C=N–C) groups is 1. The number of nitrogens with one attached hydrogen (secondary N) is 1. The summed E-state index contributed by atoms with van der Waals surface area (Å²) in [5, 5.41) is 3.10. The van der Waals surface area contributed by atoms with Crippen molar-refractivity contribution in [2.75, 3.05) is 19.0 Å². The van der Waals surface area contributed by atoms with Crippen molar-refractivity contribution in [1.29, 1.82) is 0 Å². The van der Waals surface area contributed by atoms with Crippen LogP contribution in [0.4, 0.5) is 5.69 Å². The molecule has 0 heterocycles. The zero-order chi connectivity index (χ0) is 14.9. The number of rotatable bonds is 7. The lowest BCUT2D eigenvalue weighted by atomic mass is 10.0. The lowest BCUT2D eigenvalue weighted by Gasteiger charge is -2.08. The fourth-order valence-corrected chi connectivity index (χ4v) is 2.91. The molecule has 22 heavy (non-hydrogen) atoms. The number of hydrogen-bond acceptors (Lipinski definition) is 2. The van der Waals surface area contributed by atoms with Gasteiger partial charge in [-0.05, 0) is 36.6 Å². The third-order valence-electron chi connectivity index (χ3n) is 4.14. The Morgan fingerprint density at radius 1 is 1.23 bits per heavy atom. The Balaban J connectivity index is 0.00000242. The van der Waals surface area contributed by atoms with Crippen LogP contribution in [0, 0.1) is 5.92 Å². The third-order valence-corrected chi connectivity index (χ3v) is 4.14. The van der Waals surface area contributed by atoms with Crippen LogP contribution in [0.1, 0.15) is 44.9 Å². The highest BCUT2D eigenvalue weighted by Gasteiger charge is 2.13. The zero-order valence-corrected chi connectivity index (χ0v) is 15.7. The van der Waals surface area contributed by atoms with Crippen LogP contribution in [-0.4, -0.2) is 19.6 Å². The van der Waals surface area contributed by atoms with E-state index < -0.39 is 0 Å². The van der Waals surface area contributed by atoms with Gasteiger partial charge in [0.15, 0.2) is 5.96 Å². The van der Waals surface area contributed by atoms with Crippen LogP contribution >= 0.6 is 24.0 Å². The van der Waals surface area contributed by atoms with Crippen molar-refractivity contribution in [2.24, 2.45) is 16.6 Å². The van der Waals surface area contributed by atoms with Crippen molar-refractivity contribution in [2.45, 2.75) is 44.9 Å². The van der Waals surface area contributed by atoms with Crippen molar-refractivity contribution in [3.05, 3.63) is 24.3 Å². The second-order valence-electron chi connectivity index (χ2n) is 5.77. The maximum absolute atomic E-state index is 5.89. The van der Waals surface area contributed by atoms with E-state index in [-0.39, 0.29) is 24.0 Å². The van der Waals surface area contributed by atoms with Crippen LogP contribution in [0.15, 0.2) is 29.3 Å². The lowest BCUT2D eigenvalue weighted by molar-refractivity contribution is 0.415. The quantitative estimate of drug-likeness (QED) is 0.299. The van der Waals surface area contributed by atoms with Gasteiger partial charge in [0.25, 0.3) is 0 Å². The summed E-state index contributed by atoms with van der Waals surface area (Å²) in [5.41, 5.74) is 6.82. The minimum absolute atomic E-state index is 0. The van der Waals surface area contributed by atoms with Gasteiger partial charge in [-0.1, -0.05) is 38.5 Å². The predicted molar refractivity (Wildman–Crippen MR) is 104 cm³/mol. The fraction of sp³-hybridized carbons (Fsp3) is 0.588. The number of benzene rings is 1. The van der Waals surface area contributed by atoms with Gasteiger partial charge in [-0.2, -0.15) is 0 Å². The summed E-state index contributed by atoms with van der Waals surface area (Å²) in [4.78, 5) is 4.38. The number of guanidine groups is 1. The monoisotopic (exact) mass is 417 g/mol. The van der Waals surface area contributed by atoms with Gasteiger partial charge in [0, 0.05) is 12.2 Å². The van der Waals surface area contributed by atoms with Gasteiger partial charge in [-0.15, -0.1) is 24.0 Å². The molecule has 124 valence electrons. The van der Waals surface area contributed by atoms with Crippen LogP contribution in [-0.2, 0) is 0 Å². The molecule has 0 aliphatic heterocycles. The summed E-state index contributed by atoms with van der Waals surface area (Å²) in [6.45, 7) is 0.807. The standard InChI is InChI=1S/C17H27N3O.HI/c1-21-16-11-9-15(10-12-16)20-17(18)19-13-5-4-8-14-6-2-3-7-14;/h9-12,14H,2-8,13H2,1H3,(H3,18,19,20);1H. The summed E-state index contributed by atoms with van der Waals surface area (Å²) in [6.07, 6.45) is 9.49. The van der Waals surface area contributed by atoms with Crippen molar-refractivity contribution in [1.82, 2.24) is 0 Å². The summed E-state index contributed by atoms with van der Waals surface area (Å²) >= 11 is 0. The third kappa shape index (κ3) is 6.85. The second kappa shape index (κ2) is 10.7. The highest BCUT2D eigenvalue weighted by atomic mass is 127. The maximum Gasteiger partial charge on any atom is 0.193 e. The Morgan fingerprint density at radius 2 is 1.91 bits per heavy atom. The van der Waals surface area contributed by atoms with E-state index >= 15 is 0 Å². The fourth-order valence-electron chi connectivity index (χ4n) is 2.91. The smallest absolute Gasteiger partial charge is 0.193 e. The Kier molecular flexibility index (Phi) is 9.27. The molecule has 4 nitrogen and oxygen atoms in total. The van der Waals surface area contributed by atoms with Gasteiger partial charge in [-0.25, -0.2) is 0 Å². The number of unbranched alkanes of at least 4 members (excludes halogenated alkanes) is 1. The molecule has 0 radical (unpaired) electrons. The normalized spacial score (nSPS) is 15.4. The van der Waals surface area contributed by atoms with E-state index in [9.17, 15) is 0 Å². The average Bonchev–Trinajstić information content (AvgIpc) is 3.01. The van der Waals surface area contributed by atoms with Gasteiger partial charge < -0.3 is 15.8 Å². The minimum atomic E-state index is 0. The number of nitrogens with two attached hydrogens (primary N) is 1. The van der Waals surface area contributed by atoms with E-state index in [1.165, 1.54) is 38.5 Å². The van der Waals surface area contributed by atoms with Crippen molar-refractivity contribution in [3.63, 3.8) is 0 Å². The SMILES string of the molecule is COc1ccc(NC(N)=NCCCCC2CCCC2)cc1.I. The van der Waals surface area contributed by atoms with Crippen molar-refractivity contribution in [3.8, 4) is 5.75 Å². The highest BCUT2D eigenvalue weighted by molar-refractivity contribution is 14.0. The number of ether oxygens (including phenoxy) is 1. The van der Waals surface area contributed by atoms with Gasteiger partial charge in [0.05, 0.1) is 7.11 Å². The Morgan fingerprint density at radius 3 is 2.55 bits per heavy atom. The van der Waals surface area contributed by atoms with Crippen LogP contribution in [0.3, 0.4) is 0 Å². The minimum Gasteiger partial charge on any atom is -0.497 e. The van der Waals surface area contributed by atoms with Gasteiger partial charge >= 0.3 is 0 Å². The largest absolute Gasteiger partial charge is 0.497 e. The summed E-state index contributed by atoms with van der Waals surface area (Å²) in [5.74, 6) is 2.30.